The van der Waals surface area contributed by atoms with Gasteiger partial charge >= 0.3 is 0 Å². The molecule has 14 heteroatoms. The normalized spacial score (nSPS) is 14.6. The summed E-state index contributed by atoms with van der Waals surface area (Å²) >= 11 is 1.81. The summed E-state index contributed by atoms with van der Waals surface area (Å²) in [7, 11) is 0. The van der Waals surface area contributed by atoms with Gasteiger partial charge in [0.05, 0.1) is 17.7 Å². The Morgan fingerprint density at radius 3 is 2.29 bits per heavy atom. The highest BCUT2D eigenvalue weighted by molar-refractivity contribution is 7.15. The Balaban J connectivity index is 0.000000308. The summed E-state index contributed by atoms with van der Waals surface area (Å²) in [5.74, 6) is 0.497. The van der Waals surface area contributed by atoms with Crippen LogP contribution in [0.25, 0.3) is 10.6 Å². The molecule has 13 nitrogen and oxygen atoms in total. The second-order valence-corrected chi connectivity index (χ2v) is 16.0. The number of fused-ring (bicyclic) bond motifs is 1. The number of hydrogen-bond acceptors (Lipinski definition) is 10. The topological polar surface area (TPSA) is 162 Å². The third kappa shape index (κ3) is 12.8. The van der Waals surface area contributed by atoms with Crippen LogP contribution in [0.1, 0.15) is 140 Å². The Labute approximate surface area is 371 Å². The van der Waals surface area contributed by atoms with Gasteiger partial charge in [0.2, 0.25) is 17.7 Å². The van der Waals surface area contributed by atoms with Crippen molar-refractivity contribution in [2.75, 3.05) is 26.4 Å². The van der Waals surface area contributed by atoms with Crippen molar-refractivity contribution in [1.82, 2.24) is 30.3 Å². The predicted octanol–water partition coefficient (Wildman–Crippen LogP) is 8.66. The van der Waals surface area contributed by atoms with E-state index in [1.807, 2.05) is 46.0 Å². The summed E-state index contributed by atoms with van der Waals surface area (Å²) in [6, 6.07) is 12.3. The number of piperidine rings is 1. The van der Waals surface area contributed by atoms with Crippen LogP contribution in [0.15, 0.2) is 49.0 Å². The lowest BCUT2D eigenvalue weighted by atomic mass is 9.96. The number of thiophene rings is 1. The predicted molar refractivity (Wildman–Crippen MR) is 246 cm³/mol. The molecule has 0 spiro atoms. The molecule has 4 heterocycles. The van der Waals surface area contributed by atoms with Crippen molar-refractivity contribution in [3.05, 3.63) is 99.0 Å². The quantitative estimate of drug-likeness (QED) is 0.0829. The van der Waals surface area contributed by atoms with Crippen molar-refractivity contribution in [2.24, 2.45) is 5.92 Å². The third-order valence-electron chi connectivity index (χ3n) is 10.4. The van der Waals surface area contributed by atoms with Gasteiger partial charge in [-0.3, -0.25) is 38.8 Å². The summed E-state index contributed by atoms with van der Waals surface area (Å²) in [6.45, 7) is 28.5. The molecule has 4 aromatic rings. The maximum atomic E-state index is 12.9. The Morgan fingerprint density at radius 1 is 0.952 bits per heavy atom. The largest absolute Gasteiger partial charge is 0.490 e. The fourth-order valence-corrected chi connectivity index (χ4v) is 8.04. The van der Waals surface area contributed by atoms with E-state index in [4.69, 9.17) is 9.47 Å². The number of unbranched alkanes of at least 4 members (excludes halogenated alkanes) is 1. The van der Waals surface area contributed by atoms with Crippen LogP contribution in [-0.4, -0.2) is 81.6 Å². The molecule has 2 unspecified atom stereocenters. The molecule has 2 N–H and O–H groups in total. The molecule has 0 bridgehead atoms. The van der Waals surface area contributed by atoms with E-state index in [9.17, 15) is 24.0 Å². The van der Waals surface area contributed by atoms with E-state index in [1.54, 1.807) is 12.1 Å². The molecule has 5 amide bonds. The Hall–Kier alpha value is -5.47. The van der Waals surface area contributed by atoms with Gasteiger partial charge in [0.1, 0.15) is 35.0 Å². The van der Waals surface area contributed by atoms with Crippen LogP contribution in [0.5, 0.6) is 5.75 Å². The van der Waals surface area contributed by atoms with E-state index in [0.717, 1.165) is 53.4 Å². The van der Waals surface area contributed by atoms with E-state index < -0.39 is 29.7 Å². The maximum absolute atomic E-state index is 12.9. The summed E-state index contributed by atoms with van der Waals surface area (Å²) in [5.41, 5.74) is 6.29. The molecule has 2 aromatic carbocycles. The molecule has 62 heavy (non-hydrogen) atoms. The molecule has 2 aromatic heterocycles. The zero-order valence-electron chi connectivity index (χ0n) is 38.5. The van der Waals surface area contributed by atoms with Gasteiger partial charge in [-0.15, -0.1) is 21.5 Å². The molecule has 1 fully saturated rings. The third-order valence-corrected chi connectivity index (χ3v) is 11.6. The van der Waals surface area contributed by atoms with Crippen molar-refractivity contribution >= 4 is 46.4 Å². The second-order valence-electron chi connectivity index (χ2n) is 14.8. The number of nitrogens with zero attached hydrogens (tertiary/aromatic N) is 4. The Kier molecular flexibility index (Phi) is 20.4. The molecule has 6 rings (SSSR count). The van der Waals surface area contributed by atoms with Crippen LogP contribution in [0, 0.1) is 33.6 Å². The summed E-state index contributed by atoms with van der Waals surface area (Å²) in [5, 5.41) is 15.0. The minimum atomic E-state index is -1.02. The zero-order chi connectivity index (χ0) is 46.1. The number of imide groups is 2. The van der Waals surface area contributed by atoms with E-state index >= 15 is 0 Å². The summed E-state index contributed by atoms with van der Waals surface area (Å²) in [6.07, 6.45) is 3.83. The second kappa shape index (κ2) is 24.8. The Morgan fingerprint density at radius 2 is 1.65 bits per heavy atom. The standard InChI is InChI=1S/C23H29N3S.C21H25N3O7.2C2H6/c1-8-14(2)13-21-25-24-19(7)26(21)23-22(16(4)18(6)27-23)17(5)20-11-9-15(3)10-12-20;1-13(25)22-9-2-3-10-30-11-12-31-16-6-4-5-14-18(16)21(29)24(20(14)28)15-7-8-17(26)23-19(15)27;2*1-2/h9-12,14H,5,8,13H2,1-4,6-7H3;4-6,15H,2-3,7-12H2,1H3,(H,22,25)(H,23,26,27);2*1-2H3. The van der Waals surface area contributed by atoms with Crippen molar-refractivity contribution in [1.29, 1.82) is 0 Å². The highest BCUT2D eigenvalue weighted by Crippen LogP contribution is 2.39. The molecular formula is C48H66N6O7S. The lowest BCUT2D eigenvalue weighted by Gasteiger charge is -2.27. The molecular weight excluding hydrogens is 805 g/mol. The lowest BCUT2D eigenvalue weighted by molar-refractivity contribution is -0.136. The molecule has 2 aliphatic rings. The first-order chi connectivity index (χ1) is 29.7. The summed E-state index contributed by atoms with van der Waals surface area (Å²) in [4.78, 5) is 62.2. The minimum absolute atomic E-state index is 0.0612. The van der Waals surface area contributed by atoms with Crippen molar-refractivity contribution in [3.8, 4) is 10.8 Å². The molecule has 336 valence electrons. The van der Waals surface area contributed by atoms with Crippen LogP contribution in [0.3, 0.4) is 0 Å². The van der Waals surface area contributed by atoms with Gasteiger partial charge in [-0.2, -0.15) is 0 Å². The fourth-order valence-electron chi connectivity index (χ4n) is 6.79. The maximum Gasteiger partial charge on any atom is 0.266 e. The number of carbonyl (C=O) groups excluding carboxylic acids is 5. The van der Waals surface area contributed by atoms with Crippen LogP contribution < -0.4 is 15.4 Å². The van der Waals surface area contributed by atoms with Gasteiger partial charge in [0.25, 0.3) is 11.8 Å². The highest BCUT2D eigenvalue weighted by atomic mass is 32.1. The lowest BCUT2D eigenvalue weighted by Crippen LogP contribution is -2.54. The number of ether oxygens (including phenoxy) is 2. The molecule has 0 radical (unpaired) electrons. The summed E-state index contributed by atoms with van der Waals surface area (Å²) < 4.78 is 13.4. The average molecular weight is 871 g/mol. The van der Waals surface area contributed by atoms with Gasteiger partial charge < -0.3 is 14.8 Å². The molecule has 1 saturated heterocycles. The minimum Gasteiger partial charge on any atom is -0.490 e. The fraction of sp³-hybridized carbons (Fsp3) is 0.479. The van der Waals surface area contributed by atoms with Crippen LogP contribution in [-0.2, 0) is 25.5 Å². The first-order valence-electron chi connectivity index (χ1n) is 21.8. The SMILES string of the molecule is C=C(c1ccc(C)cc1)c1c(-n2c(C)nnc2CC(C)CC)sc(C)c1C.CC.CC.CC(=O)NCCCCOCCOc1cccc2c1C(=O)N(C1CCC(=O)NC1=O)C2=O. The first kappa shape index (κ1) is 50.9. The van der Waals surface area contributed by atoms with Gasteiger partial charge in [-0.25, -0.2) is 0 Å². The first-order valence-corrected chi connectivity index (χ1v) is 22.6. The number of hydrogen-bond donors (Lipinski definition) is 2. The molecule has 2 atom stereocenters. The van der Waals surface area contributed by atoms with E-state index in [2.05, 4.69) is 90.9 Å². The number of rotatable bonds is 16. The highest BCUT2D eigenvalue weighted by Gasteiger charge is 2.46. The van der Waals surface area contributed by atoms with Crippen molar-refractivity contribution < 1.29 is 33.4 Å². The number of aryl methyl sites for hydroxylation is 3. The smallest absolute Gasteiger partial charge is 0.266 e. The Bertz CT molecular complexity index is 2170. The van der Waals surface area contributed by atoms with Crippen LogP contribution in [0.4, 0.5) is 0 Å². The number of benzene rings is 2. The number of aromatic nitrogens is 3. The van der Waals surface area contributed by atoms with E-state index in [-0.39, 0.29) is 42.2 Å². The van der Waals surface area contributed by atoms with Crippen molar-refractivity contribution in [2.45, 2.75) is 121 Å². The van der Waals surface area contributed by atoms with Gasteiger partial charge in [0, 0.05) is 43.4 Å². The molecule has 0 aliphatic carbocycles. The number of carbonyl (C=O) groups is 5. The zero-order valence-corrected chi connectivity index (χ0v) is 39.3. The monoisotopic (exact) mass is 870 g/mol. The van der Waals surface area contributed by atoms with Gasteiger partial charge in [-0.1, -0.05) is 90.4 Å². The van der Waals surface area contributed by atoms with Gasteiger partial charge in [0.15, 0.2) is 0 Å². The van der Waals surface area contributed by atoms with E-state index in [1.165, 1.54) is 39.6 Å². The number of amides is 5. The molecule has 2 aliphatic heterocycles. The van der Waals surface area contributed by atoms with Gasteiger partial charge in [-0.05, 0) is 81.7 Å². The van der Waals surface area contributed by atoms with Crippen molar-refractivity contribution in [3.63, 3.8) is 0 Å². The molecule has 0 saturated carbocycles. The van der Waals surface area contributed by atoms with Crippen LogP contribution in [0.2, 0.25) is 0 Å². The number of nitrogens with one attached hydrogen (secondary N) is 2. The van der Waals surface area contributed by atoms with Crippen LogP contribution >= 0.6 is 11.3 Å². The average Bonchev–Trinajstić information content (AvgIpc) is 3.86. The van der Waals surface area contributed by atoms with E-state index in [0.29, 0.717) is 25.7 Å².